The van der Waals surface area contributed by atoms with Gasteiger partial charge < -0.3 is 10.2 Å². The third kappa shape index (κ3) is 5.03. The first-order chi connectivity index (χ1) is 12.8. The number of amides is 1. The van der Waals surface area contributed by atoms with Gasteiger partial charge in [-0.25, -0.2) is 17.9 Å². The Kier molecular flexibility index (Phi) is 5.73. The molecule has 1 saturated heterocycles. The normalized spacial score (nSPS) is 15.6. The second kappa shape index (κ2) is 8.03. The van der Waals surface area contributed by atoms with Gasteiger partial charge in [0, 0.05) is 31.9 Å². The van der Waals surface area contributed by atoms with E-state index in [-0.39, 0.29) is 23.2 Å². The molecule has 3 rings (SSSR count). The minimum Gasteiger partial charge on any atom is -0.367 e. The standard InChI is InChI=1S/C18H21FN4O3S/c19-16-6-1-2-7-17(16)23-10-8-22(9-11-23)13-18(24)21-14-4-3-5-15(12-14)27(20,25)26/h1-7,12H,8-11,13H2,(H,21,24)(H2,20,25,26). The SMILES string of the molecule is NS(=O)(=O)c1cccc(NC(=O)CN2CCN(c3ccccc3F)CC2)c1. The van der Waals surface area contributed by atoms with Crippen LogP contribution in [0.25, 0.3) is 0 Å². The van der Waals surface area contributed by atoms with Crippen molar-refractivity contribution >= 4 is 27.3 Å². The monoisotopic (exact) mass is 392 g/mol. The summed E-state index contributed by atoms with van der Waals surface area (Å²) in [7, 11) is -3.82. The molecule has 0 bridgehead atoms. The fourth-order valence-corrected chi connectivity index (χ4v) is 3.57. The summed E-state index contributed by atoms with van der Waals surface area (Å²) in [5, 5.41) is 7.78. The maximum Gasteiger partial charge on any atom is 0.238 e. The zero-order valence-corrected chi connectivity index (χ0v) is 15.5. The summed E-state index contributed by atoms with van der Waals surface area (Å²) in [5.41, 5.74) is 0.943. The van der Waals surface area contributed by atoms with Crippen LogP contribution in [0.3, 0.4) is 0 Å². The quantitative estimate of drug-likeness (QED) is 0.798. The first-order valence-electron chi connectivity index (χ1n) is 8.47. The summed E-state index contributed by atoms with van der Waals surface area (Å²) in [5.74, 6) is -0.501. The van der Waals surface area contributed by atoms with Gasteiger partial charge in [-0.1, -0.05) is 18.2 Å². The highest BCUT2D eigenvalue weighted by Gasteiger charge is 2.21. The molecule has 7 nitrogen and oxygen atoms in total. The molecule has 0 radical (unpaired) electrons. The molecule has 1 heterocycles. The fourth-order valence-electron chi connectivity index (χ4n) is 3.01. The zero-order valence-electron chi connectivity index (χ0n) is 14.6. The molecule has 1 fully saturated rings. The van der Waals surface area contributed by atoms with E-state index in [2.05, 4.69) is 5.32 Å². The van der Waals surface area contributed by atoms with Gasteiger partial charge in [0.15, 0.2) is 0 Å². The van der Waals surface area contributed by atoms with Crippen LogP contribution in [0.4, 0.5) is 15.8 Å². The number of hydrogen-bond donors (Lipinski definition) is 2. The minimum absolute atomic E-state index is 0.0567. The number of halogens is 1. The van der Waals surface area contributed by atoms with Gasteiger partial charge in [-0.05, 0) is 30.3 Å². The van der Waals surface area contributed by atoms with Crippen LogP contribution in [0.5, 0.6) is 0 Å². The Hall–Kier alpha value is -2.49. The van der Waals surface area contributed by atoms with Gasteiger partial charge in [0.1, 0.15) is 5.82 Å². The van der Waals surface area contributed by atoms with Gasteiger partial charge in [-0.3, -0.25) is 9.69 Å². The highest BCUT2D eigenvalue weighted by Crippen LogP contribution is 2.20. The van der Waals surface area contributed by atoms with Crippen LogP contribution in [0.2, 0.25) is 0 Å². The summed E-state index contributed by atoms with van der Waals surface area (Å²) in [4.78, 5) is 16.1. The van der Waals surface area contributed by atoms with Gasteiger partial charge in [0.2, 0.25) is 15.9 Å². The van der Waals surface area contributed by atoms with E-state index in [9.17, 15) is 17.6 Å². The van der Waals surface area contributed by atoms with Crippen molar-refractivity contribution in [2.75, 3.05) is 42.9 Å². The second-order valence-electron chi connectivity index (χ2n) is 6.34. The molecular weight excluding hydrogens is 371 g/mol. The number of carbonyl (C=O) groups excluding carboxylic acids is 1. The summed E-state index contributed by atoms with van der Waals surface area (Å²) in [6, 6.07) is 12.4. The highest BCUT2D eigenvalue weighted by molar-refractivity contribution is 7.89. The molecule has 1 aliphatic rings. The molecule has 0 spiro atoms. The van der Waals surface area contributed by atoms with Gasteiger partial charge in [-0.15, -0.1) is 0 Å². The maximum absolute atomic E-state index is 13.9. The lowest BCUT2D eigenvalue weighted by Gasteiger charge is -2.35. The van der Waals surface area contributed by atoms with Gasteiger partial charge in [-0.2, -0.15) is 0 Å². The predicted octanol–water partition coefficient (Wildman–Crippen LogP) is 1.23. The Morgan fingerprint density at radius 2 is 1.78 bits per heavy atom. The van der Waals surface area contributed by atoms with Crippen molar-refractivity contribution in [2.24, 2.45) is 5.14 Å². The van der Waals surface area contributed by atoms with E-state index in [0.29, 0.717) is 37.6 Å². The molecule has 0 aromatic heterocycles. The van der Waals surface area contributed by atoms with Crippen molar-refractivity contribution in [2.45, 2.75) is 4.90 Å². The Morgan fingerprint density at radius 1 is 1.07 bits per heavy atom. The summed E-state index contributed by atoms with van der Waals surface area (Å²) in [6.07, 6.45) is 0. The summed E-state index contributed by atoms with van der Waals surface area (Å²) in [6.45, 7) is 2.66. The van der Waals surface area contributed by atoms with Gasteiger partial charge in [0.25, 0.3) is 0 Å². The van der Waals surface area contributed by atoms with Crippen LogP contribution in [0.15, 0.2) is 53.4 Å². The van der Waals surface area contributed by atoms with Gasteiger partial charge in [0.05, 0.1) is 17.1 Å². The number of para-hydroxylation sites is 1. The number of primary sulfonamides is 1. The number of hydrogen-bond acceptors (Lipinski definition) is 5. The molecule has 3 N–H and O–H groups in total. The average molecular weight is 392 g/mol. The lowest BCUT2D eigenvalue weighted by Crippen LogP contribution is -2.48. The maximum atomic E-state index is 13.9. The smallest absolute Gasteiger partial charge is 0.238 e. The minimum atomic E-state index is -3.82. The topological polar surface area (TPSA) is 95.7 Å². The predicted molar refractivity (Wildman–Crippen MR) is 101 cm³/mol. The largest absolute Gasteiger partial charge is 0.367 e. The fraction of sp³-hybridized carbons (Fsp3) is 0.278. The number of nitrogens with two attached hydrogens (primary N) is 1. The van der Waals surface area contributed by atoms with Crippen LogP contribution in [0.1, 0.15) is 0 Å². The van der Waals surface area contributed by atoms with Crippen molar-refractivity contribution in [1.82, 2.24) is 4.90 Å². The number of piperazine rings is 1. The number of anilines is 2. The Morgan fingerprint density at radius 3 is 2.44 bits per heavy atom. The summed E-state index contributed by atoms with van der Waals surface area (Å²) < 4.78 is 36.6. The van der Waals surface area contributed by atoms with Crippen molar-refractivity contribution in [1.29, 1.82) is 0 Å². The van der Waals surface area contributed by atoms with Crippen molar-refractivity contribution in [3.8, 4) is 0 Å². The van der Waals surface area contributed by atoms with E-state index in [4.69, 9.17) is 5.14 Å². The molecular formula is C18H21FN4O3S. The Labute approximate surface area is 157 Å². The van der Waals surface area contributed by atoms with Crippen molar-refractivity contribution < 1.29 is 17.6 Å². The van der Waals surface area contributed by atoms with E-state index >= 15 is 0 Å². The van der Waals surface area contributed by atoms with Crippen LogP contribution in [-0.4, -0.2) is 51.9 Å². The molecule has 0 atom stereocenters. The number of carbonyl (C=O) groups is 1. The molecule has 2 aromatic rings. The molecule has 2 aromatic carbocycles. The molecule has 144 valence electrons. The number of sulfonamides is 1. The highest BCUT2D eigenvalue weighted by atomic mass is 32.2. The lowest BCUT2D eigenvalue weighted by atomic mass is 10.2. The van der Waals surface area contributed by atoms with Crippen LogP contribution < -0.4 is 15.4 Å². The van der Waals surface area contributed by atoms with Crippen molar-refractivity contribution in [3.05, 3.63) is 54.3 Å². The van der Waals surface area contributed by atoms with E-state index in [1.807, 2.05) is 9.80 Å². The Bertz CT molecular complexity index is 928. The number of nitrogens with zero attached hydrogens (tertiary/aromatic N) is 2. The Balaban J connectivity index is 1.54. The van der Waals surface area contributed by atoms with E-state index in [0.717, 1.165) is 0 Å². The van der Waals surface area contributed by atoms with Gasteiger partial charge >= 0.3 is 0 Å². The third-order valence-electron chi connectivity index (χ3n) is 4.38. The third-order valence-corrected chi connectivity index (χ3v) is 5.29. The zero-order chi connectivity index (χ0) is 19.4. The molecule has 0 saturated carbocycles. The number of benzene rings is 2. The summed E-state index contributed by atoms with van der Waals surface area (Å²) >= 11 is 0. The lowest BCUT2D eigenvalue weighted by molar-refractivity contribution is -0.117. The van der Waals surface area contributed by atoms with E-state index in [1.165, 1.54) is 24.3 Å². The van der Waals surface area contributed by atoms with E-state index < -0.39 is 10.0 Å². The second-order valence-corrected chi connectivity index (χ2v) is 7.90. The first kappa shape index (κ1) is 19.3. The molecule has 27 heavy (non-hydrogen) atoms. The first-order valence-corrected chi connectivity index (χ1v) is 10.0. The van der Waals surface area contributed by atoms with Crippen molar-refractivity contribution in [3.63, 3.8) is 0 Å². The van der Waals surface area contributed by atoms with Crippen LogP contribution >= 0.6 is 0 Å². The number of nitrogens with one attached hydrogen (secondary N) is 1. The van der Waals surface area contributed by atoms with Crippen LogP contribution in [0, 0.1) is 5.82 Å². The molecule has 1 aliphatic heterocycles. The molecule has 0 unspecified atom stereocenters. The number of rotatable bonds is 5. The van der Waals surface area contributed by atoms with Crippen LogP contribution in [-0.2, 0) is 14.8 Å². The molecule has 1 amide bonds. The average Bonchev–Trinajstić information content (AvgIpc) is 2.62. The molecule has 0 aliphatic carbocycles. The molecule has 9 heteroatoms. The van der Waals surface area contributed by atoms with E-state index in [1.54, 1.807) is 24.3 Å².